The molecule has 0 bridgehead atoms. The van der Waals surface area contributed by atoms with Crippen LogP contribution in [0.5, 0.6) is 5.88 Å². The molecule has 0 fully saturated rings. The van der Waals surface area contributed by atoms with Crippen molar-refractivity contribution in [3.63, 3.8) is 0 Å². The summed E-state index contributed by atoms with van der Waals surface area (Å²) in [7, 11) is 3.19. The molecule has 2 aromatic heterocycles. The van der Waals surface area contributed by atoms with Crippen LogP contribution >= 0.6 is 0 Å². The monoisotopic (exact) mass is 248 g/mol. The smallest absolute Gasteiger partial charge is 0.354 e. The molecule has 0 unspecified atom stereocenters. The molecule has 0 atom stereocenters. The molecule has 0 aromatic carbocycles. The Morgan fingerprint density at radius 1 is 1.50 bits per heavy atom. The molecule has 0 spiro atoms. The van der Waals surface area contributed by atoms with Gasteiger partial charge in [-0.25, -0.2) is 9.78 Å². The van der Waals surface area contributed by atoms with Crippen LogP contribution in [-0.4, -0.2) is 29.2 Å². The van der Waals surface area contributed by atoms with Gasteiger partial charge in [-0.2, -0.15) is 0 Å². The summed E-state index contributed by atoms with van der Waals surface area (Å²) in [6, 6.07) is 3.60. The van der Waals surface area contributed by atoms with Crippen LogP contribution in [0.25, 0.3) is 10.9 Å². The van der Waals surface area contributed by atoms with Crippen molar-refractivity contribution in [2.45, 2.75) is 13.3 Å². The molecular formula is C13H16N2O3. The van der Waals surface area contributed by atoms with E-state index in [1.165, 1.54) is 7.11 Å². The number of hydrogen-bond acceptors (Lipinski definition) is 4. The van der Waals surface area contributed by atoms with Crippen molar-refractivity contribution in [1.29, 1.82) is 0 Å². The summed E-state index contributed by atoms with van der Waals surface area (Å²) in [5.74, 6) is 0.190. The minimum absolute atomic E-state index is 0.366. The van der Waals surface area contributed by atoms with Gasteiger partial charge in [0, 0.05) is 13.2 Å². The lowest BCUT2D eigenvalue weighted by Gasteiger charge is -2.04. The molecule has 0 radical (unpaired) electrons. The summed E-state index contributed by atoms with van der Waals surface area (Å²) < 4.78 is 12.1. The lowest BCUT2D eigenvalue weighted by Crippen LogP contribution is -2.06. The molecule has 18 heavy (non-hydrogen) atoms. The van der Waals surface area contributed by atoms with Gasteiger partial charge in [-0.1, -0.05) is 6.92 Å². The van der Waals surface area contributed by atoms with Crippen LogP contribution in [0.2, 0.25) is 0 Å². The third-order valence-corrected chi connectivity index (χ3v) is 2.77. The SMILES string of the molecule is CCCOc1nccc2c1cc(C(=O)OC)n2C. The van der Waals surface area contributed by atoms with E-state index in [0.29, 0.717) is 18.2 Å². The molecule has 0 amide bonds. The second kappa shape index (κ2) is 5.08. The topological polar surface area (TPSA) is 53.4 Å². The first-order valence-electron chi connectivity index (χ1n) is 5.84. The van der Waals surface area contributed by atoms with Crippen LogP contribution < -0.4 is 4.74 Å². The molecule has 0 saturated carbocycles. The van der Waals surface area contributed by atoms with Crippen LogP contribution in [0.3, 0.4) is 0 Å². The lowest BCUT2D eigenvalue weighted by atomic mass is 10.3. The Bertz CT molecular complexity index is 575. The average Bonchev–Trinajstić information content (AvgIpc) is 2.74. The van der Waals surface area contributed by atoms with Crippen LogP contribution in [0.1, 0.15) is 23.8 Å². The number of aromatic nitrogens is 2. The van der Waals surface area contributed by atoms with E-state index in [0.717, 1.165) is 17.3 Å². The fraction of sp³-hybridized carbons (Fsp3) is 0.385. The molecule has 2 rings (SSSR count). The predicted octanol–water partition coefficient (Wildman–Crippen LogP) is 2.15. The van der Waals surface area contributed by atoms with Crippen LogP contribution in [-0.2, 0) is 11.8 Å². The number of pyridine rings is 1. The van der Waals surface area contributed by atoms with Gasteiger partial charge in [0.05, 0.1) is 24.6 Å². The first-order valence-corrected chi connectivity index (χ1v) is 5.84. The standard InChI is InChI=1S/C13H16N2O3/c1-4-7-18-12-9-8-11(13(16)17-3)15(2)10(9)5-6-14-12/h5-6,8H,4,7H2,1-3H3. The number of fused-ring (bicyclic) bond motifs is 1. The largest absolute Gasteiger partial charge is 0.477 e. The molecule has 2 heterocycles. The molecule has 2 aromatic rings. The number of esters is 1. The van der Waals surface area contributed by atoms with E-state index in [-0.39, 0.29) is 5.97 Å². The highest BCUT2D eigenvalue weighted by Crippen LogP contribution is 2.26. The zero-order valence-electron chi connectivity index (χ0n) is 10.8. The van der Waals surface area contributed by atoms with Crippen molar-refractivity contribution in [2.75, 3.05) is 13.7 Å². The van der Waals surface area contributed by atoms with Gasteiger partial charge in [0.25, 0.3) is 0 Å². The Morgan fingerprint density at radius 3 is 2.94 bits per heavy atom. The number of hydrogen-bond donors (Lipinski definition) is 0. The molecule has 0 saturated heterocycles. The highest BCUT2D eigenvalue weighted by Gasteiger charge is 2.16. The van der Waals surface area contributed by atoms with Gasteiger partial charge in [0.1, 0.15) is 5.69 Å². The van der Waals surface area contributed by atoms with E-state index >= 15 is 0 Å². The summed E-state index contributed by atoms with van der Waals surface area (Å²) >= 11 is 0. The normalized spacial score (nSPS) is 10.6. The molecule has 0 aliphatic rings. The zero-order valence-corrected chi connectivity index (χ0v) is 10.8. The summed E-state index contributed by atoms with van der Waals surface area (Å²) in [5, 5.41) is 0.828. The van der Waals surface area contributed by atoms with Crippen molar-refractivity contribution < 1.29 is 14.3 Å². The molecular weight excluding hydrogens is 232 g/mol. The number of nitrogens with zero attached hydrogens (tertiary/aromatic N) is 2. The van der Waals surface area contributed by atoms with Gasteiger partial charge in [0.2, 0.25) is 5.88 Å². The van der Waals surface area contributed by atoms with E-state index in [2.05, 4.69) is 4.98 Å². The highest BCUT2D eigenvalue weighted by atomic mass is 16.5. The van der Waals surface area contributed by atoms with Gasteiger partial charge < -0.3 is 14.0 Å². The number of ether oxygens (including phenoxy) is 2. The molecule has 0 N–H and O–H groups in total. The maximum absolute atomic E-state index is 11.6. The summed E-state index contributed by atoms with van der Waals surface area (Å²) in [5.41, 5.74) is 1.39. The molecule has 5 heteroatoms. The minimum atomic E-state index is -0.366. The highest BCUT2D eigenvalue weighted by molar-refractivity contribution is 5.97. The van der Waals surface area contributed by atoms with Crippen LogP contribution in [0.4, 0.5) is 0 Å². The van der Waals surface area contributed by atoms with E-state index in [1.807, 2.05) is 20.0 Å². The Hall–Kier alpha value is -2.04. The van der Waals surface area contributed by atoms with Crippen molar-refractivity contribution in [1.82, 2.24) is 9.55 Å². The molecule has 0 aliphatic heterocycles. The Kier molecular flexibility index (Phi) is 3.50. The quantitative estimate of drug-likeness (QED) is 0.778. The second-order valence-electron chi connectivity index (χ2n) is 3.98. The van der Waals surface area contributed by atoms with Gasteiger partial charge in [0.15, 0.2) is 0 Å². The van der Waals surface area contributed by atoms with Gasteiger partial charge in [-0.05, 0) is 18.6 Å². The first kappa shape index (κ1) is 12.4. The Balaban J connectivity index is 2.53. The number of rotatable bonds is 4. The van der Waals surface area contributed by atoms with Gasteiger partial charge in [-0.15, -0.1) is 0 Å². The summed E-state index contributed by atoms with van der Waals surface area (Å²) in [4.78, 5) is 15.8. The number of methoxy groups -OCH3 is 1. The first-order chi connectivity index (χ1) is 8.69. The van der Waals surface area contributed by atoms with E-state index in [9.17, 15) is 4.79 Å². The molecule has 96 valence electrons. The van der Waals surface area contributed by atoms with Gasteiger partial charge >= 0.3 is 5.97 Å². The van der Waals surface area contributed by atoms with E-state index in [4.69, 9.17) is 9.47 Å². The lowest BCUT2D eigenvalue weighted by molar-refractivity contribution is 0.0590. The van der Waals surface area contributed by atoms with E-state index in [1.54, 1.807) is 16.8 Å². The third-order valence-electron chi connectivity index (χ3n) is 2.77. The predicted molar refractivity (Wildman–Crippen MR) is 67.8 cm³/mol. The summed E-state index contributed by atoms with van der Waals surface area (Å²) in [6.45, 7) is 2.64. The Morgan fingerprint density at radius 2 is 2.28 bits per heavy atom. The molecule has 5 nitrogen and oxygen atoms in total. The van der Waals surface area contributed by atoms with Gasteiger partial charge in [-0.3, -0.25) is 0 Å². The van der Waals surface area contributed by atoms with Crippen molar-refractivity contribution in [2.24, 2.45) is 7.05 Å². The second-order valence-corrected chi connectivity index (χ2v) is 3.98. The Labute approximate surface area is 105 Å². The van der Waals surface area contributed by atoms with E-state index < -0.39 is 0 Å². The fourth-order valence-corrected chi connectivity index (χ4v) is 1.85. The third kappa shape index (κ3) is 2.03. The maximum atomic E-state index is 11.6. The van der Waals surface area contributed by atoms with Crippen molar-refractivity contribution in [3.05, 3.63) is 24.0 Å². The van der Waals surface area contributed by atoms with Crippen molar-refractivity contribution in [3.8, 4) is 5.88 Å². The zero-order chi connectivity index (χ0) is 13.1. The van der Waals surface area contributed by atoms with Crippen molar-refractivity contribution >= 4 is 16.9 Å². The number of carbonyl (C=O) groups excluding carboxylic acids is 1. The number of carbonyl (C=O) groups is 1. The molecule has 0 aliphatic carbocycles. The fourth-order valence-electron chi connectivity index (χ4n) is 1.85. The average molecular weight is 248 g/mol. The van der Waals surface area contributed by atoms with Crippen LogP contribution in [0.15, 0.2) is 18.3 Å². The van der Waals surface area contributed by atoms with Crippen LogP contribution in [0, 0.1) is 0 Å². The number of aryl methyl sites for hydroxylation is 1. The maximum Gasteiger partial charge on any atom is 0.354 e. The summed E-state index contributed by atoms with van der Waals surface area (Å²) in [6.07, 6.45) is 2.59. The minimum Gasteiger partial charge on any atom is -0.477 e.